The van der Waals surface area contributed by atoms with Crippen LogP contribution >= 0.6 is 0 Å². The van der Waals surface area contributed by atoms with Gasteiger partial charge in [-0.05, 0) is 37.0 Å². The van der Waals surface area contributed by atoms with Gasteiger partial charge in [0.15, 0.2) is 0 Å². The molecule has 7 nitrogen and oxygen atoms in total. The minimum atomic E-state index is -0.00101. The van der Waals surface area contributed by atoms with Crippen LogP contribution < -0.4 is 10.1 Å². The number of aryl methyl sites for hydroxylation is 1. The third-order valence-corrected chi connectivity index (χ3v) is 4.30. The fourth-order valence-corrected chi connectivity index (χ4v) is 3.10. The molecule has 7 heteroatoms. The van der Waals surface area contributed by atoms with Crippen molar-refractivity contribution in [2.45, 2.75) is 31.8 Å². The van der Waals surface area contributed by atoms with E-state index in [4.69, 9.17) is 4.74 Å². The summed E-state index contributed by atoms with van der Waals surface area (Å²) in [5.41, 5.74) is 1.13. The molecule has 1 aromatic carbocycles. The molecule has 0 bridgehead atoms. The second-order valence-electron chi connectivity index (χ2n) is 5.88. The van der Waals surface area contributed by atoms with Crippen molar-refractivity contribution in [1.82, 2.24) is 25.2 Å². The zero-order chi connectivity index (χ0) is 16.8. The number of rotatable bonds is 6. The molecule has 1 aliphatic heterocycles. The second-order valence-corrected chi connectivity index (χ2v) is 5.88. The van der Waals surface area contributed by atoms with E-state index in [1.807, 2.05) is 29.3 Å². The van der Waals surface area contributed by atoms with Crippen molar-refractivity contribution in [2.24, 2.45) is 0 Å². The topological polar surface area (TPSA) is 72.3 Å². The Hall–Kier alpha value is -2.57. The number of hydrogen-bond acceptors (Lipinski definition) is 4. The number of ether oxygens (including phenoxy) is 1. The highest BCUT2D eigenvalue weighted by Crippen LogP contribution is 2.33. The zero-order valence-electron chi connectivity index (χ0n) is 13.9. The van der Waals surface area contributed by atoms with Gasteiger partial charge < -0.3 is 15.0 Å². The Morgan fingerprint density at radius 3 is 3.17 bits per heavy atom. The second kappa shape index (κ2) is 7.81. The Labute approximate surface area is 141 Å². The lowest BCUT2D eigenvalue weighted by Crippen LogP contribution is -2.40. The highest BCUT2D eigenvalue weighted by atomic mass is 16.5. The molecule has 0 radical (unpaired) electrons. The van der Waals surface area contributed by atoms with Crippen molar-refractivity contribution in [3.05, 3.63) is 42.2 Å². The van der Waals surface area contributed by atoms with Gasteiger partial charge in [0.25, 0.3) is 0 Å². The Morgan fingerprint density at radius 2 is 2.38 bits per heavy atom. The number of nitrogens with zero attached hydrogens (tertiary/aromatic N) is 4. The average molecular weight is 329 g/mol. The van der Waals surface area contributed by atoms with Crippen LogP contribution in [0.3, 0.4) is 0 Å². The van der Waals surface area contributed by atoms with Crippen LogP contribution in [0.15, 0.2) is 36.7 Å². The molecule has 2 amide bonds. The Kier molecular flexibility index (Phi) is 5.30. The van der Waals surface area contributed by atoms with E-state index in [0.29, 0.717) is 6.54 Å². The molecule has 24 heavy (non-hydrogen) atoms. The minimum absolute atomic E-state index is 0.00101. The third kappa shape index (κ3) is 3.84. The molecule has 2 aromatic rings. The standard InChI is InChI=1S/C17H23N5O2/c1-24-15-6-2-5-14(13-15)16-7-3-11-22(16)17(23)18-8-4-10-21-12-9-19-20-21/h2,5-6,9,12-13,16H,3-4,7-8,10-11H2,1H3,(H,18,23). The number of hydrogen-bond donors (Lipinski definition) is 1. The van der Waals surface area contributed by atoms with Crippen LogP contribution in [-0.2, 0) is 6.54 Å². The van der Waals surface area contributed by atoms with Gasteiger partial charge in [-0.15, -0.1) is 5.10 Å². The maximum absolute atomic E-state index is 12.5. The number of aromatic nitrogens is 3. The monoisotopic (exact) mass is 329 g/mol. The number of benzene rings is 1. The van der Waals surface area contributed by atoms with Crippen LogP contribution in [0, 0.1) is 0 Å². The van der Waals surface area contributed by atoms with Crippen LogP contribution in [-0.4, -0.2) is 46.1 Å². The normalized spacial score (nSPS) is 17.0. The van der Waals surface area contributed by atoms with E-state index in [1.54, 1.807) is 18.0 Å². The van der Waals surface area contributed by atoms with Gasteiger partial charge in [0.2, 0.25) is 0 Å². The van der Waals surface area contributed by atoms with Crippen molar-refractivity contribution >= 4 is 6.03 Å². The van der Waals surface area contributed by atoms with Gasteiger partial charge in [-0.3, -0.25) is 4.68 Å². The highest BCUT2D eigenvalue weighted by molar-refractivity contribution is 5.75. The number of carbonyl (C=O) groups is 1. The van der Waals surface area contributed by atoms with Crippen molar-refractivity contribution in [1.29, 1.82) is 0 Å². The van der Waals surface area contributed by atoms with Crippen LogP contribution in [0.2, 0.25) is 0 Å². The summed E-state index contributed by atoms with van der Waals surface area (Å²) in [7, 11) is 1.66. The predicted octanol–water partition coefficient (Wildman–Crippen LogP) is 2.22. The first-order valence-corrected chi connectivity index (χ1v) is 8.30. The number of carbonyl (C=O) groups excluding carboxylic acids is 1. The molecule has 1 atom stereocenters. The van der Waals surface area contributed by atoms with Crippen molar-refractivity contribution in [3.63, 3.8) is 0 Å². The van der Waals surface area contributed by atoms with Gasteiger partial charge in [0, 0.05) is 25.8 Å². The minimum Gasteiger partial charge on any atom is -0.497 e. The Morgan fingerprint density at radius 1 is 1.46 bits per heavy atom. The molecule has 0 saturated carbocycles. The summed E-state index contributed by atoms with van der Waals surface area (Å²) in [6, 6.07) is 8.09. The van der Waals surface area contributed by atoms with Crippen molar-refractivity contribution in [2.75, 3.05) is 20.2 Å². The lowest BCUT2D eigenvalue weighted by atomic mass is 10.0. The van der Waals surface area contributed by atoms with E-state index in [9.17, 15) is 4.79 Å². The summed E-state index contributed by atoms with van der Waals surface area (Å²) in [6.07, 6.45) is 6.31. The predicted molar refractivity (Wildman–Crippen MR) is 89.7 cm³/mol. The lowest BCUT2D eigenvalue weighted by molar-refractivity contribution is 0.192. The van der Waals surface area contributed by atoms with Crippen LogP contribution in [0.1, 0.15) is 30.9 Å². The molecule has 1 fully saturated rings. The number of urea groups is 1. The molecule has 1 aromatic heterocycles. The lowest BCUT2D eigenvalue weighted by Gasteiger charge is -2.25. The zero-order valence-corrected chi connectivity index (χ0v) is 13.9. The van der Waals surface area contributed by atoms with Crippen molar-refractivity contribution in [3.8, 4) is 5.75 Å². The first-order chi connectivity index (χ1) is 11.8. The van der Waals surface area contributed by atoms with E-state index < -0.39 is 0 Å². The number of methoxy groups -OCH3 is 1. The highest BCUT2D eigenvalue weighted by Gasteiger charge is 2.29. The molecule has 128 valence electrons. The van der Waals surface area contributed by atoms with Crippen LogP contribution in [0.25, 0.3) is 0 Å². The molecule has 2 heterocycles. The van der Waals surface area contributed by atoms with E-state index in [-0.39, 0.29) is 12.1 Å². The maximum atomic E-state index is 12.5. The number of nitrogens with one attached hydrogen (secondary N) is 1. The van der Waals surface area contributed by atoms with Crippen molar-refractivity contribution < 1.29 is 9.53 Å². The molecule has 1 N–H and O–H groups in total. The average Bonchev–Trinajstić information content (AvgIpc) is 3.30. The van der Waals surface area contributed by atoms with E-state index >= 15 is 0 Å². The third-order valence-electron chi connectivity index (χ3n) is 4.30. The van der Waals surface area contributed by atoms with Gasteiger partial charge in [-0.25, -0.2) is 4.79 Å². The van der Waals surface area contributed by atoms with Crippen LogP contribution in [0.4, 0.5) is 4.79 Å². The molecule has 1 unspecified atom stereocenters. The summed E-state index contributed by atoms with van der Waals surface area (Å²) in [4.78, 5) is 14.4. The fourth-order valence-electron chi connectivity index (χ4n) is 3.10. The van der Waals surface area contributed by atoms with Gasteiger partial charge in [0.1, 0.15) is 5.75 Å². The maximum Gasteiger partial charge on any atom is 0.317 e. The summed E-state index contributed by atoms with van der Waals surface area (Å²) in [5, 5.41) is 10.7. The number of likely N-dealkylation sites (tertiary alicyclic amines) is 1. The molecule has 1 aliphatic rings. The molecule has 0 spiro atoms. The quantitative estimate of drug-likeness (QED) is 0.825. The SMILES string of the molecule is COc1cccc(C2CCCN2C(=O)NCCCn2ccnn2)c1. The summed E-state index contributed by atoms with van der Waals surface area (Å²) in [6.45, 7) is 2.16. The molecule has 1 saturated heterocycles. The first kappa shape index (κ1) is 16.3. The van der Waals surface area contributed by atoms with Crippen LogP contribution in [0.5, 0.6) is 5.75 Å². The summed E-state index contributed by atoms with van der Waals surface area (Å²) < 4.78 is 7.06. The van der Waals surface area contributed by atoms with E-state index in [2.05, 4.69) is 21.7 Å². The Balaban J connectivity index is 1.53. The van der Waals surface area contributed by atoms with Gasteiger partial charge in [0.05, 0.1) is 19.3 Å². The number of amides is 2. The first-order valence-electron chi connectivity index (χ1n) is 8.30. The van der Waals surface area contributed by atoms with Gasteiger partial charge in [-0.2, -0.15) is 0 Å². The molecular formula is C17H23N5O2. The summed E-state index contributed by atoms with van der Waals surface area (Å²) >= 11 is 0. The smallest absolute Gasteiger partial charge is 0.317 e. The fraction of sp³-hybridized carbons (Fsp3) is 0.471. The Bertz CT molecular complexity index is 659. The molecule has 0 aliphatic carbocycles. The molecular weight excluding hydrogens is 306 g/mol. The molecule has 3 rings (SSSR count). The van der Waals surface area contributed by atoms with Gasteiger partial charge in [-0.1, -0.05) is 17.3 Å². The largest absolute Gasteiger partial charge is 0.497 e. The summed E-state index contributed by atoms with van der Waals surface area (Å²) in [5.74, 6) is 0.826. The van der Waals surface area contributed by atoms with Gasteiger partial charge >= 0.3 is 6.03 Å². The van der Waals surface area contributed by atoms with E-state index in [1.165, 1.54) is 0 Å². The van der Waals surface area contributed by atoms with E-state index in [0.717, 1.165) is 43.7 Å².